The number of hydrogen-bond acceptors (Lipinski definition) is 6. The molecule has 0 aliphatic heterocycles. The minimum absolute atomic E-state index is 0.0147. The van der Waals surface area contributed by atoms with Crippen LogP contribution in [0.5, 0.6) is 5.75 Å². The molecule has 0 aliphatic carbocycles. The number of hydrogen-bond donors (Lipinski definition) is 0. The van der Waals surface area contributed by atoms with E-state index in [1.54, 1.807) is 19.9 Å². The van der Waals surface area contributed by atoms with Gasteiger partial charge in [0.2, 0.25) is 11.7 Å². The van der Waals surface area contributed by atoms with Crippen molar-refractivity contribution >= 4 is 35.7 Å². The lowest BCUT2D eigenvalue weighted by molar-refractivity contribution is 0.277. The van der Waals surface area contributed by atoms with E-state index in [9.17, 15) is 8.42 Å². The second-order valence-corrected chi connectivity index (χ2v) is 7.46. The molecule has 0 radical (unpaired) electrons. The number of benzene rings is 1. The van der Waals surface area contributed by atoms with Gasteiger partial charge in [-0.05, 0) is 24.6 Å². The fourth-order valence-corrected chi connectivity index (χ4v) is 3.38. The van der Waals surface area contributed by atoms with Crippen molar-refractivity contribution in [1.82, 2.24) is 10.1 Å². The summed E-state index contributed by atoms with van der Waals surface area (Å²) >= 11 is 3.22. The molecule has 0 atom stereocenters. The van der Waals surface area contributed by atoms with Gasteiger partial charge in [0.15, 0.2) is 6.61 Å². The maximum Gasteiger partial charge on any atom is 0.265 e. The summed E-state index contributed by atoms with van der Waals surface area (Å²) in [5.41, 5.74) is 0.624. The van der Waals surface area contributed by atoms with Gasteiger partial charge >= 0.3 is 0 Å². The molecule has 0 bridgehead atoms. The zero-order valence-electron chi connectivity index (χ0n) is 10.6. The van der Waals surface area contributed by atoms with Gasteiger partial charge < -0.3 is 9.26 Å². The van der Waals surface area contributed by atoms with Crippen molar-refractivity contribution in [3.63, 3.8) is 0 Å². The Morgan fingerprint density at radius 2 is 2.10 bits per heavy atom. The van der Waals surface area contributed by atoms with Gasteiger partial charge in [0, 0.05) is 22.1 Å². The van der Waals surface area contributed by atoms with Crippen LogP contribution in [-0.2, 0) is 15.7 Å². The van der Waals surface area contributed by atoms with Crippen molar-refractivity contribution in [2.75, 3.05) is 0 Å². The summed E-state index contributed by atoms with van der Waals surface area (Å²) in [5.74, 6) is 0.898. The van der Waals surface area contributed by atoms with Crippen LogP contribution in [-0.4, -0.2) is 18.6 Å². The van der Waals surface area contributed by atoms with Crippen molar-refractivity contribution in [1.29, 1.82) is 0 Å². The van der Waals surface area contributed by atoms with Crippen molar-refractivity contribution in [3.8, 4) is 5.75 Å². The Bertz CT molecular complexity index is 745. The lowest BCUT2D eigenvalue weighted by Crippen LogP contribution is -2.04. The summed E-state index contributed by atoms with van der Waals surface area (Å²) in [6, 6.07) is 3.11. The molecule has 2 aromatic rings. The van der Waals surface area contributed by atoms with Gasteiger partial charge in [0.25, 0.3) is 9.05 Å². The first-order chi connectivity index (χ1) is 9.27. The van der Waals surface area contributed by atoms with Crippen molar-refractivity contribution in [3.05, 3.63) is 33.9 Å². The number of nitrogens with zero attached hydrogens (tertiary/aromatic N) is 2. The fraction of sp³-hybridized carbons (Fsp3) is 0.273. The van der Waals surface area contributed by atoms with Crippen molar-refractivity contribution in [2.24, 2.45) is 0 Å². The molecule has 1 aromatic carbocycles. The van der Waals surface area contributed by atoms with Gasteiger partial charge in [-0.1, -0.05) is 21.1 Å². The average molecular weight is 382 g/mol. The van der Waals surface area contributed by atoms with Crippen LogP contribution in [0.4, 0.5) is 0 Å². The van der Waals surface area contributed by atoms with Gasteiger partial charge in [-0.25, -0.2) is 8.42 Å². The zero-order chi connectivity index (χ0) is 14.9. The van der Waals surface area contributed by atoms with Crippen molar-refractivity contribution < 1.29 is 17.7 Å². The summed E-state index contributed by atoms with van der Waals surface area (Å²) in [6.07, 6.45) is 0. The number of rotatable bonds is 4. The Morgan fingerprint density at radius 3 is 2.65 bits per heavy atom. The monoisotopic (exact) mass is 380 g/mol. The molecule has 0 amide bonds. The number of aromatic nitrogens is 2. The summed E-state index contributed by atoms with van der Waals surface area (Å²) in [7, 11) is 1.49. The van der Waals surface area contributed by atoms with Gasteiger partial charge in [0.05, 0.1) is 0 Å². The van der Waals surface area contributed by atoms with E-state index in [4.69, 9.17) is 19.9 Å². The topological polar surface area (TPSA) is 82.3 Å². The van der Waals surface area contributed by atoms with Crippen LogP contribution in [0.1, 0.15) is 17.3 Å². The molecule has 0 unspecified atom stereocenters. The van der Waals surface area contributed by atoms with Gasteiger partial charge in [-0.15, -0.1) is 0 Å². The summed E-state index contributed by atoms with van der Waals surface area (Å²) in [6.45, 7) is 3.35. The third-order valence-corrected chi connectivity index (χ3v) is 4.17. The Labute approximate surface area is 128 Å². The Kier molecular flexibility index (Phi) is 4.36. The molecule has 0 spiro atoms. The van der Waals surface area contributed by atoms with E-state index in [-0.39, 0.29) is 17.3 Å². The van der Waals surface area contributed by atoms with Gasteiger partial charge in [0.1, 0.15) is 10.6 Å². The first-order valence-corrected chi connectivity index (χ1v) is 8.54. The molecular formula is C11H10BrClN2O4S. The van der Waals surface area contributed by atoms with Crippen LogP contribution in [0.15, 0.2) is 26.0 Å². The predicted molar refractivity (Wildman–Crippen MR) is 75.3 cm³/mol. The molecule has 2 rings (SSSR count). The van der Waals surface area contributed by atoms with Gasteiger partial charge in [-0.3, -0.25) is 0 Å². The lowest BCUT2D eigenvalue weighted by Gasteiger charge is -2.11. The second-order valence-electron chi connectivity index (χ2n) is 4.01. The highest BCUT2D eigenvalue weighted by Crippen LogP contribution is 2.34. The molecule has 0 N–H and O–H groups in total. The first kappa shape index (κ1) is 15.3. The van der Waals surface area contributed by atoms with Crippen LogP contribution in [0.25, 0.3) is 0 Å². The van der Waals surface area contributed by atoms with E-state index < -0.39 is 9.05 Å². The van der Waals surface area contributed by atoms with Crippen LogP contribution in [0.2, 0.25) is 0 Å². The summed E-state index contributed by atoms with van der Waals surface area (Å²) < 4.78 is 34.1. The van der Waals surface area contributed by atoms with E-state index in [2.05, 4.69) is 26.1 Å². The lowest BCUT2D eigenvalue weighted by atomic mass is 10.2. The third kappa shape index (κ3) is 3.50. The molecule has 0 aliphatic rings. The number of halogens is 2. The quantitative estimate of drug-likeness (QED) is 0.757. The molecule has 1 heterocycles. The molecular weight excluding hydrogens is 372 g/mol. The Morgan fingerprint density at radius 1 is 1.40 bits per heavy atom. The van der Waals surface area contributed by atoms with Crippen LogP contribution in [0, 0.1) is 13.8 Å². The maximum atomic E-state index is 11.6. The van der Waals surface area contributed by atoms with Crippen LogP contribution in [0.3, 0.4) is 0 Å². The fourth-order valence-electron chi connectivity index (χ4n) is 1.60. The highest BCUT2D eigenvalue weighted by molar-refractivity contribution is 9.10. The van der Waals surface area contributed by atoms with Crippen molar-refractivity contribution in [2.45, 2.75) is 25.3 Å². The van der Waals surface area contributed by atoms with E-state index in [0.717, 1.165) is 0 Å². The normalized spacial score (nSPS) is 11.6. The highest BCUT2D eigenvalue weighted by atomic mass is 79.9. The van der Waals surface area contributed by atoms with E-state index in [1.807, 2.05) is 0 Å². The minimum atomic E-state index is -3.92. The molecule has 6 nitrogen and oxygen atoms in total. The predicted octanol–water partition coefficient (Wildman–Crippen LogP) is 2.96. The van der Waals surface area contributed by atoms with E-state index >= 15 is 0 Å². The van der Waals surface area contributed by atoms with E-state index in [1.165, 1.54) is 6.07 Å². The number of ether oxygens (including phenoxy) is 1. The standard InChI is InChI=1S/C11H10BrClN2O4S/c1-6-3-8(12)4-9(20(13,16)17)11(6)18-5-10-14-7(2)19-15-10/h3-4H,5H2,1-2H3. The Hall–Kier alpha value is -1.12. The molecule has 0 saturated carbocycles. The van der Waals surface area contributed by atoms with Crippen LogP contribution < -0.4 is 4.74 Å². The average Bonchev–Trinajstić information content (AvgIpc) is 2.72. The zero-order valence-corrected chi connectivity index (χ0v) is 13.7. The highest BCUT2D eigenvalue weighted by Gasteiger charge is 2.20. The van der Waals surface area contributed by atoms with Crippen LogP contribution >= 0.6 is 26.6 Å². The maximum absolute atomic E-state index is 11.6. The largest absolute Gasteiger partial charge is 0.484 e. The smallest absolute Gasteiger partial charge is 0.265 e. The molecule has 0 saturated heterocycles. The SMILES string of the molecule is Cc1nc(COc2c(C)cc(Br)cc2S(=O)(=O)Cl)no1. The number of aryl methyl sites for hydroxylation is 2. The molecule has 108 valence electrons. The second kappa shape index (κ2) is 5.71. The van der Waals surface area contributed by atoms with Gasteiger partial charge in [-0.2, -0.15) is 4.98 Å². The Balaban J connectivity index is 2.35. The molecule has 9 heteroatoms. The first-order valence-electron chi connectivity index (χ1n) is 5.44. The van der Waals surface area contributed by atoms with E-state index in [0.29, 0.717) is 21.8 Å². The summed E-state index contributed by atoms with van der Waals surface area (Å²) in [4.78, 5) is 3.87. The molecule has 20 heavy (non-hydrogen) atoms. The molecule has 0 fully saturated rings. The summed E-state index contributed by atoms with van der Waals surface area (Å²) in [5, 5.41) is 3.67. The molecule has 1 aromatic heterocycles. The minimum Gasteiger partial charge on any atom is -0.484 e. The third-order valence-electron chi connectivity index (χ3n) is 2.38.